The highest BCUT2D eigenvalue weighted by atomic mass is 16.2. The molecule has 1 aromatic rings. The van der Waals surface area contributed by atoms with E-state index in [-0.39, 0.29) is 11.9 Å². The predicted molar refractivity (Wildman–Crippen MR) is 68.6 cm³/mol. The fourth-order valence-corrected chi connectivity index (χ4v) is 1.45. The molecule has 0 aromatic carbocycles. The van der Waals surface area contributed by atoms with E-state index in [0.29, 0.717) is 6.54 Å². The van der Waals surface area contributed by atoms with Gasteiger partial charge in [0.15, 0.2) is 0 Å². The van der Waals surface area contributed by atoms with Crippen molar-refractivity contribution in [1.82, 2.24) is 15.6 Å². The van der Waals surface area contributed by atoms with Crippen molar-refractivity contribution in [3.8, 4) is 0 Å². The van der Waals surface area contributed by atoms with Crippen molar-refractivity contribution in [3.05, 3.63) is 29.6 Å². The second kappa shape index (κ2) is 7.01. The van der Waals surface area contributed by atoms with E-state index in [9.17, 15) is 4.79 Å². The summed E-state index contributed by atoms with van der Waals surface area (Å²) in [6.45, 7) is 7.20. The van der Waals surface area contributed by atoms with Gasteiger partial charge in [-0.3, -0.25) is 9.78 Å². The van der Waals surface area contributed by atoms with Crippen molar-refractivity contribution in [1.29, 1.82) is 0 Å². The van der Waals surface area contributed by atoms with Crippen molar-refractivity contribution in [3.63, 3.8) is 0 Å². The second-order valence-electron chi connectivity index (χ2n) is 4.16. The molecule has 2 N–H and O–H groups in total. The Kier molecular flexibility index (Phi) is 5.63. The molecule has 17 heavy (non-hydrogen) atoms. The average Bonchev–Trinajstić information content (AvgIpc) is 2.33. The Morgan fingerprint density at radius 3 is 2.88 bits per heavy atom. The van der Waals surface area contributed by atoms with Crippen molar-refractivity contribution >= 4 is 5.91 Å². The van der Waals surface area contributed by atoms with Crippen molar-refractivity contribution in [2.24, 2.45) is 0 Å². The molecule has 4 nitrogen and oxygen atoms in total. The summed E-state index contributed by atoms with van der Waals surface area (Å²) in [7, 11) is 0. The van der Waals surface area contributed by atoms with Crippen LogP contribution in [0, 0.1) is 6.92 Å². The number of nitrogens with one attached hydrogen (secondary N) is 2. The van der Waals surface area contributed by atoms with Gasteiger partial charge in [0.1, 0.15) is 0 Å². The van der Waals surface area contributed by atoms with E-state index < -0.39 is 0 Å². The van der Waals surface area contributed by atoms with Gasteiger partial charge < -0.3 is 10.6 Å². The van der Waals surface area contributed by atoms with Crippen LogP contribution >= 0.6 is 0 Å². The Hall–Kier alpha value is -1.42. The van der Waals surface area contributed by atoms with Crippen molar-refractivity contribution in [2.45, 2.75) is 39.8 Å². The summed E-state index contributed by atoms with van der Waals surface area (Å²) < 4.78 is 0. The summed E-state index contributed by atoms with van der Waals surface area (Å²) in [5, 5.41) is 6.02. The van der Waals surface area contributed by atoms with Crippen LogP contribution < -0.4 is 10.6 Å². The summed E-state index contributed by atoms with van der Waals surface area (Å²) in [4.78, 5) is 16.0. The molecule has 0 saturated heterocycles. The van der Waals surface area contributed by atoms with Crippen LogP contribution in [0.25, 0.3) is 0 Å². The van der Waals surface area contributed by atoms with Crippen LogP contribution in [-0.2, 0) is 11.3 Å². The van der Waals surface area contributed by atoms with Gasteiger partial charge in [-0.05, 0) is 32.4 Å². The lowest BCUT2D eigenvalue weighted by atomic mass is 10.2. The zero-order valence-corrected chi connectivity index (χ0v) is 10.8. The van der Waals surface area contributed by atoms with Gasteiger partial charge >= 0.3 is 0 Å². The SMILES string of the molecule is CCCNC(=O)C(C)NCc1cccc(C)n1. The van der Waals surface area contributed by atoms with Crippen LogP contribution in [0.15, 0.2) is 18.2 Å². The van der Waals surface area contributed by atoms with Crippen molar-refractivity contribution in [2.75, 3.05) is 6.54 Å². The molecular weight excluding hydrogens is 214 g/mol. The lowest BCUT2D eigenvalue weighted by molar-refractivity contribution is -0.122. The maximum atomic E-state index is 11.6. The summed E-state index contributed by atoms with van der Waals surface area (Å²) in [6.07, 6.45) is 0.956. The third-order valence-corrected chi connectivity index (χ3v) is 2.48. The lowest BCUT2D eigenvalue weighted by Crippen LogP contribution is -2.42. The van der Waals surface area contributed by atoms with Crippen molar-refractivity contribution < 1.29 is 4.79 Å². The molecule has 0 aliphatic carbocycles. The molecule has 0 saturated carbocycles. The summed E-state index contributed by atoms with van der Waals surface area (Å²) in [5.41, 5.74) is 1.95. The van der Waals surface area contributed by atoms with Crippen LogP contribution in [-0.4, -0.2) is 23.5 Å². The third-order valence-electron chi connectivity index (χ3n) is 2.48. The molecule has 1 heterocycles. The number of nitrogens with zero attached hydrogens (tertiary/aromatic N) is 1. The van der Waals surface area contributed by atoms with Gasteiger partial charge in [0.05, 0.1) is 11.7 Å². The zero-order valence-electron chi connectivity index (χ0n) is 10.8. The summed E-state index contributed by atoms with van der Waals surface area (Å²) in [5.74, 6) is 0.0412. The Balaban J connectivity index is 2.37. The van der Waals surface area contributed by atoms with E-state index >= 15 is 0 Å². The number of hydrogen-bond acceptors (Lipinski definition) is 3. The first-order valence-electron chi connectivity index (χ1n) is 6.07. The second-order valence-corrected chi connectivity index (χ2v) is 4.16. The Labute approximate surface area is 103 Å². The number of carbonyl (C=O) groups excluding carboxylic acids is 1. The molecule has 1 rings (SSSR count). The molecule has 4 heteroatoms. The Morgan fingerprint density at radius 1 is 1.47 bits per heavy atom. The van der Waals surface area contributed by atoms with E-state index in [4.69, 9.17) is 0 Å². The highest BCUT2D eigenvalue weighted by Gasteiger charge is 2.10. The van der Waals surface area contributed by atoms with Gasteiger partial charge in [0.25, 0.3) is 0 Å². The Bertz CT molecular complexity index is 365. The van der Waals surface area contributed by atoms with Crippen LogP contribution in [0.5, 0.6) is 0 Å². The van der Waals surface area contributed by atoms with Gasteiger partial charge in [0.2, 0.25) is 5.91 Å². The van der Waals surface area contributed by atoms with Gasteiger partial charge in [-0.25, -0.2) is 0 Å². The number of aromatic nitrogens is 1. The molecule has 0 radical (unpaired) electrons. The predicted octanol–water partition coefficient (Wildman–Crippen LogP) is 1.39. The molecule has 1 unspecified atom stereocenters. The molecule has 1 aromatic heterocycles. The highest BCUT2D eigenvalue weighted by Crippen LogP contribution is 1.98. The number of amides is 1. The third kappa shape index (κ3) is 4.95. The van der Waals surface area contributed by atoms with Gasteiger partial charge in [-0.15, -0.1) is 0 Å². The first-order valence-corrected chi connectivity index (χ1v) is 6.07. The van der Waals surface area contributed by atoms with E-state index in [1.165, 1.54) is 0 Å². The molecule has 0 aliphatic rings. The van der Waals surface area contributed by atoms with Crippen LogP contribution in [0.4, 0.5) is 0 Å². The van der Waals surface area contributed by atoms with Gasteiger partial charge in [-0.1, -0.05) is 13.0 Å². The van der Waals surface area contributed by atoms with E-state index in [1.54, 1.807) is 0 Å². The minimum absolute atomic E-state index is 0.0412. The van der Waals surface area contributed by atoms with Gasteiger partial charge in [-0.2, -0.15) is 0 Å². The molecule has 94 valence electrons. The standard InChI is InChI=1S/C13H21N3O/c1-4-8-14-13(17)11(3)15-9-12-7-5-6-10(2)16-12/h5-7,11,15H,4,8-9H2,1-3H3,(H,14,17). The number of rotatable bonds is 6. The maximum absolute atomic E-state index is 11.6. The fraction of sp³-hybridized carbons (Fsp3) is 0.538. The monoisotopic (exact) mass is 235 g/mol. The molecule has 0 bridgehead atoms. The first-order chi connectivity index (χ1) is 8.13. The van der Waals surface area contributed by atoms with E-state index in [1.807, 2.05) is 39.0 Å². The van der Waals surface area contributed by atoms with Crippen LogP contribution in [0.2, 0.25) is 0 Å². The number of hydrogen-bond donors (Lipinski definition) is 2. The number of aryl methyl sites for hydroxylation is 1. The molecule has 0 aliphatic heterocycles. The fourth-order valence-electron chi connectivity index (χ4n) is 1.45. The largest absolute Gasteiger partial charge is 0.355 e. The molecular formula is C13H21N3O. The highest BCUT2D eigenvalue weighted by molar-refractivity contribution is 5.81. The first kappa shape index (κ1) is 13.6. The minimum atomic E-state index is -0.191. The number of pyridine rings is 1. The zero-order chi connectivity index (χ0) is 12.7. The summed E-state index contributed by atoms with van der Waals surface area (Å²) >= 11 is 0. The summed E-state index contributed by atoms with van der Waals surface area (Å²) in [6, 6.07) is 5.70. The van der Waals surface area contributed by atoms with E-state index in [2.05, 4.69) is 15.6 Å². The lowest BCUT2D eigenvalue weighted by Gasteiger charge is -2.13. The maximum Gasteiger partial charge on any atom is 0.236 e. The topological polar surface area (TPSA) is 54.0 Å². The number of carbonyl (C=O) groups is 1. The minimum Gasteiger partial charge on any atom is -0.355 e. The smallest absolute Gasteiger partial charge is 0.236 e. The molecule has 1 amide bonds. The normalized spacial score (nSPS) is 12.2. The molecule has 1 atom stereocenters. The van der Waals surface area contributed by atoms with Crippen LogP contribution in [0.3, 0.4) is 0 Å². The Morgan fingerprint density at radius 2 is 2.24 bits per heavy atom. The molecule has 0 fully saturated rings. The van der Waals surface area contributed by atoms with Crippen LogP contribution in [0.1, 0.15) is 31.7 Å². The molecule has 0 spiro atoms. The quantitative estimate of drug-likeness (QED) is 0.783. The average molecular weight is 235 g/mol. The van der Waals surface area contributed by atoms with E-state index in [0.717, 1.165) is 24.4 Å². The van der Waals surface area contributed by atoms with Gasteiger partial charge in [0, 0.05) is 18.8 Å².